The second kappa shape index (κ2) is 9.61. The van der Waals surface area contributed by atoms with Crippen molar-refractivity contribution in [3.8, 4) is 11.5 Å². The third kappa shape index (κ3) is 5.09. The number of benzene rings is 1. The van der Waals surface area contributed by atoms with Gasteiger partial charge in [0.05, 0.1) is 19.3 Å². The third-order valence-corrected chi connectivity index (χ3v) is 5.44. The van der Waals surface area contributed by atoms with Crippen molar-refractivity contribution in [1.29, 1.82) is 0 Å². The Morgan fingerprint density at radius 2 is 1.93 bits per heavy atom. The molecule has 3 rings (SSSR count). The van der Waals surface area contributed by atoms with E-state index in [9.17, 15) is 9.59 Å². The van der Waals surface area contributed by atoms with Gasteiger partial charge in [-0.3, -0.25) is 14.6 Å². The average molecular weight is 412 g/mol. The lowest BCUT2D eigenvalue weighted by Gasteiger charge is -2.31. The molecule has 7 nitrogen and oxygen atoms in total. The summed E-state index contributed by atoms with van der Waals surface area (Å²) in [7, 11) is 3.33. The number of aromatic nitrogens is 1. The highest BCUT2D eigenvalue weighted by molar-refractivity contribution is 5.94. The first-order valence-electron chi connectivity index (χ1n) is 10.1. The topological polar surface area (TPSA) is 72.0 Å². The highest BCUT2D eigenvalue weighted by Gasteiger charge is 2.23. The monoisotopic (exact) mass is 411 g/mol. The minimum atomic E-state index is -0.111. The number of carbonyl (C=O) groups is 2. The Morgan fingerprint density at radius 1 is 1.20 bits per heavy atom. The van der Waals surface area contributed by atoms with E-state index in [0.29, 0.717) is 36.7 Å². The molecule has 1 aliphatic heterocycles. The molecular formula is C23H29N3O4. The van der Waals surface area contributed by atoms with Crippen LogP contribution in [-0.2, 0) is 11.3 Å². The maximum atomic E-state index is 12.9. The van der Waals surface area contributed by atoms with Crippen molar-refractivity contribution in [2.75, 3.05) is 27.2 Å². The van der Waals surface area contributed by atoms with Crippen LogP contribution in [0.3, 0.4) is 0 Å². The number of hydrogen-bond donors (Lipinski definition) is 0. The number of aryl methyl sites for hydroxylation is 1. The molecule has 0 bridgehead atoms. The zero-order valence-electron chi connectivity index (χ0n) is 18.1. The Hall–Kier alpha value is -3.09. The van der Waals surface area contributed by atoms with E-state index in [-0.39, 0.29) is 17.9 Å². The van der Waals surface area contributed by atoms with Crippen molar-refractivity contribution in [2.24, 2.45) is 0 Å². The molecule has 0 spiro atoms. The van der Waals surface area contributed by atoms with E-state index in [4.69, 9.17) is 9.47 Å². The lowest BCUT2D eigenvalue weighted by atomic mass is 10.1. The first-order chi connectivity index (χ1) is 14.4. The summed E-state index contributed by atoms with van der Waals surface area (Å²) in [6.07, 6.45) is 3.30. The number of likely N-dealkylation sites (tertiary alicyclic amines) is 1. The Balaban J connectivity index is 1.67. The molecule has 2 amide bonds. The number of amides is 2. The van der Waals surface area contributed by atoms with Crippen LogP contribution in [0.5, 0.6) is 11.5 Å². The Morgan fingerprint density at radius 3 is 2.57 bits per heavy atom. The van der Waals surface area contributed by atoms with E-state index < -0.39 is 0 Å². The quantitative estimate of drug-likeness (QED) is 0.731. The van der Waals surface area contributed by atoms with Gasteiger partial charge < -0.3 is 19.3 Å². The fourth-order valence-corrected chi connectivity index (χ4v) is 3.57. The number of methoxy groups -OCH3 is 1. The van der Waals surface area contributed by atoms with Crippen molar-refractivity contribution in [3.63, 3.8) is 0 Å². The van der Waals surface area contributed by atoms with Gasteiger partial charge in [0.1, 0.15) is 6.10 Å². The molecule has 0 atom stereocenters. The summed E-state index contributed by atoms with van der Waals surface area (Å²) in [5, 5.41) is 0. The molecule has 7 heteroatoms. The number of ether oxygens (including phenoxy) is 2. The maximum absolute atomic E-state index is 12.9. The van der Waals surface area contributed by atoms with Crippen molar-refractivity contribution >= 4 is 11.8 Å². The second-order valence-electron chi connectivity index (χ2n) is 7.62. The van der Waals surface area contributed by atoms with Crippen LogP contribution in [0.4, 0.5) is 0 Å². The molecule has 0 saturated carbocycles. The Labute approximate surface area is 177 Å². The summed E-state index contributed by atoms with van der Waals surface area (Å²) in [6.45, 7) is 5.39. The predicted molar refractivity (Wildman–Crippen MR) is 114 cm³/mol. The van der Waals surface area contributed by atoms with Gasteiger partial charge in [0, 0.05) is 51.7 Å². The molecule has 160 valence electrons. The van der Waals surface area contributed by atoms with E-state index in [1.807, 2.05) is 24.0 Å². The van der Waals surface area contributed by atoms with Crippen molar-refractivity contribution in [3.05, 3.63) is 53.3 Å². The van der Waals surface area contributed by atoms with E-state index >= 15 is 0 Å². The minimum Gasteiger partial charge on any atom is -0.493 e. The van der Waals surface area contributed by atoms with Gasteiger partial charge in [-0.1, -0.05) is 6.07 Å². The molecule has 0 unspecified atom stereocenters. The lowest BCUT2D eigenvalue weighted by molar-refractivity contribution is -0.130. The number of rotatable bonds is 6. The zero-order chi connectivity index (χ0) is 21.7. The van der Waals surface area contributed by atoms with Gasteiger partial charge >= 0.3 is 0 Å². The first kappa shape index (κ1) is 21.6. The summed E-state index contributed by atoms with van der Waals surface area (Å²) in [5.74, 6) is 1.12. The molecule has 1 fully saturated rings. The normalized spacial score (nSPS) is 14.3. The standard InChI is InChI=1S/C23H29N3O4/c1-16-6-5-11-24-20(16)15-25(3)23(28)18-7-8-21(22(14-18)29-4)30-19-9-12-26(13-10-19)17(2)27/h5-8,11,14,19H,9-10,12-13,15H2,1-4H3. The van der Waals surface area contributed by atoms with Gasteiger partial charge in [0.2, 0.25) is 5.91 Å². The molecular weight excluding hydrogens is 382 g/mol. The van der Waals surface area contributed by atoms with E-state index in [1.54, 1.807) is 50.4 Å². The van der Waals surface area contributed by atoms with Crippen LogP contribution in [0.15, 0.2) is 36.5 Å². The molecule has 2 aromatic rings. The highest BCUT2D eigenvalue weighted by Crippen LogP contribution is 2.31. The molecule has 1 aliphatic rings. The van der Waals surface area contributed by atoms with Gasteiger partial charge in [0.25, 0.3) is 5.91 Å². The number of hydrogen-bond acceptors (Lipinski definition) is 5. The van der Waals surface area contributed by atoms with E-state index in [2.05, 4.69) is 4.98 Å². The second-order valence-corrected chi connectivity index (χ2v) is 7.62. The van der Waals surface area contributed by atoms with Crippen LogP contribution < -0.4 is 9.47 Å². The Bertz CT molecular complexity index is 907. The van der Waals surface area contributed by atoms with Gasteiger partial charge in [-0.05, 0) is 36.8 Å². The van der Waals surface area contributed by atoms with Gasteiger partial charge in [0.15, 0.2) is 11.5 Å². The van der Waals surface area contributed by atoms with Crippen LogP contribution in [0.2, 0.25) is 0 Å². The van der Waals surface area contributed by atoms with Crippen LogP contribution in [-0.4, -0.2) is 59.9 Å². The predicted octanol–water partition coefficient (Wildman–Crippen LogP) is 3.06. The number of carbonyl (C=O) groups excluding carboxylic acids is 2. The largest absolute Gasteiger partial charge is 0.493 e. The average Bonchev–Trinajstić information content (AvgIpc) is 2.75. The summed E-state index contributed by atoms with van der Waals surface area (Å²) in [4.78, 5) is 32.2. The molecule has 0 aliphatic carbocycles. The van der Waals surface area contributed by atoms with E-state index in [0.717, 1.165) is 24.1 Å². The number of nitrogens with zero attached hydrogens (tertiary/aromatic N) is 3. The van der Waals surface area contributed by atoms with Crippen molar-refractivity contribution in [1.82, 2.24) is 14.8 Å². The molecule has 1 saturated heterocycles. The van der Waals surface area contributed by atoms with Crippen molar-refractivity contribution in [2.45, 2.75) is 39.3 Å². The van der Waals surface area contributed by atoms with Gasteiger partial charge in [-0.2, -0.15) is 0 Å². The van der Waals surface area contributed by atoms with Crippen LogP contribution in [0.25, 0.3) is 0 Å². The van der Waals surface area contributed by atoms with Crippen molar-refractivity contribution < 1.29 is 19.1 Å². The summed E-state index contributed by atoms with van der Waals surface area (Å²) >= 11 is 0. The van der Waals surface area contributed by atoms with Crippen LogP contribution in [0, 0.1) is 6.92 Å². The maximum Gasteiger partial charge on any atom is 0.254 e. The molecule has 1 aromatic heterocycles. The summed E-state index contributed by atoms with van der Waals surface area (Å²) < 4.78 is 11.6. The fourth-order valence-electron chi connectivity index (χ4n) is 3.57. The number of pyridine rings is 1. The van der Waals surface area contributed by atoms with Crippen LogP contribution >= 0.6 is 0 Å². The molecule has 0 N–H and O–H groups in total. The van der Waals surface area contributed by atoms with E-state index in [1.165, 1.54) is 0 Å². The SMILES string of the molecule is COc1cc(C(=O)N(C)Cc2ncccc2C)ccc1OC1CCN(C(C)=O)CC1. The molecule has 1 aromatic carbocycles. The fraction of sp³-hybridized carbons (Fsp3) is 0.435. The summed E-state index contributed by atoms with van der Waals surface area (Å²) in [5.41, 5.74) is 2.45. The zero-order valence-corrected chi connectivity index (χ0v) is 18.1. The summed E-state index contributed by atoms with van der Waals surface area (Å²) in [6, 6.07) is 9.12. The molecule has 0 radical (unpaired) electrons. The third-order valence-electron chi connectivity index (χ3n) is 5.44. The van der Waals surface area contributed by atoms with Gasteiger partial charge in [-0.15, -0.1) is 0 Å². The Kier molecular flexibility index (Phi) is 6.92. The lowest BCUT2D eigenvalue weighted by Crippen LogP contribution is -2.40. The minimum absolute atomic E-state index is 0.0193. The van der Waals surface area contributed by atoms with Crippen LogP contribution in [0.1, 0.15) is 41.4 Å². The van der Waals surface area contributed by atoms with Gasteiger partial charge in [-0.25, -0.2) is 0 Å². The smallest absolute Gasteiger partial charge is 0.254 e. The first-order valence-corrected chi connectivity index (χ1v) is 10.1. The molecule has 30 heavy (non-hydrogen) atoms. The highest BCUT2D eigenvalue weighted by atomic mass is 16.5. The molecule has 2 heterocycles. The number of piperidine rings is 1.